The van der Waals surface area contributed by atoms with E-state index in [9.17, 15) is 8.42 Å². The zero-order valence-corrected chi connectivity index (χ0v) is 10.2. The lowest BCUT2D eigenvalue weighted by molar-refractivity contribution is 0.414. The molecule has 0 aliphatic rings. The first-order valence-corrected chi connectivity index (χ1v) is 6.63. The number of rotatable bonds is 4. The van der Waals surface area contributed by atoms with Gasteiger partial charge in [0.1, 0.15) is 5.75 Å². The smallest absolute Gasteiger partial charge is 0.179 e. The molecule has 15 heavy (non-hydrogen) atoms. The largest absolute Gasteiger partial charge is 0.497 e. The van der Waals surface area contributed by atoms with Gasteiger partial charge >= 0.3 is 0 Å². The molecule has 0 saturated carbocycles. The van der Waals surface area contributed by atoms with Crippen molar-refractivity contribution in [2.75, 3.05) is 18.7 Å². The van der Waals surface area contributed by atoms with Gasteiger partial charge in [0.25, 0.3) is 0 Å². The Morgan fingerprint density at radius 1 is 1.40 bits per heavy atom. The van der Waals surface area contributed by atoms with Crippen molar-refractivity contribution < 1.29 is 13.2 Å². The highest BCUT2D eigenvalue weighted by molar-refractivity contribution is 7.91. The zero-order chi connectivity index (χ0) is 11.5. The van der Waals surface area contributed by atoms with E-state index in [2.05, 4.69) is 0 Å². The predicted molar refractivity (Wildman–Crippen MR) is 60.5 cm³/mol. The van der Waals surface area contributed by atoms with Crippen LogP contribution in [-0.2, 0) is 9.84 Å². The van der Waals surface area contributed by atoms with E-state index in [1.165, 1.54) is 0 Å². The summed E-state index contributed by atoms with van der Waals surface area (Å²) in [5, 5.41) is 0. The third kappa shape index (κ3) is 2.86. The second kappa shape index (κ2) is 4.86. The summed E-state index contributed by atoms with van der Waals surface area (Å²) in [4.78, 5) is 0.323. The highest BCUT2D eigenvalue weighted by atomic mass is 35.5. The van der Waals surface area contributed by atoms with Crippen LogP contribution in [0.25, 0.3) is 0 Å². The van der Waals surface area contributed by atoms with Crippen molar-refractivity contribution in [1.82, 2.24) is 0 Å². The third-order valence-electron chi connectivity index (χ3n) is 2.06. The summed E-state index contributed by atoms with van der Waals surface area (Å²) in [5.41, 5.74) is 0.680. The summed E-state index contributed by atoms with van der Waals surface area (Å²) < 4.78 is 28.5. The summed E-state index contributed by atoms with van der Waals surface area (Å²) in [6.45, 7) is 1.74. The van der Waals surface area contributed by atoms with Gasteiger partial charge in [0.05, 0.1) is 17.8 Å². The Balaban J connectivity index is 3.16. The molecule has 3 nitrogen and oxygen atoms in total. The highest BCUT2D eigenvalue weighted by Gasteiger charge is 2.16. The van der Waals surface area contributed by atoms with Gasteiger partial charge < -0.3 is 4.74 Å². The van der Waals surface area contributed by atoms with Crippen LogP contribution in [0, 0.1) is 6.92 Å². The second-order valence-corrected chi connectivity index (χ2v) is 5.59. The minimum Gasteiger partial charge on any atom is -0.497 e. The molecule has 5 heteroatoms. The second-order valence-electron chi connectivity index (χ2n) is 3.14. The van der Waals surface area contributed by atoms with E-state index in [1.807, 2.05) is 0 Å². The molecule has 0 amide bonds. The number of alkyl halides is 1. The van der Waals surface area contributed by atoms with Gasteiger partial charge in [-0.05, 0) is 30.7 Å². The Morgan fingerprint density at radius 3 is 2.53 bits per heavy atom. The van der Waals surface area contributed by atoms with E-state index < -0.39 is 9.84 Å². The molecule has 0 N–H and O–H groups in total. The van der Waals surface area contributed by atoms with Crippen molar-refractivity contribution in [2.45, 2.75) is 11.8 Å². The first-order chi connectivity index (χ1) is 7.01. The molecule has 0 heterocycles. The van der Waals surface area contributed by atoms with Crippen LogP contribution >= 0.6 is 11.6 Å². The molecule has 0 aliphatic heterocycles. The number of ether oxygens (including phenoxy) is 1. The SMILES string of the molecule is COc1ccc(S(=O)(=O)CCCl)c(C)c1. The van der Waals surface area contributed by atoms with Crippen LogP contribution in [-0.4, -0.2) is 27.2 Å². The van der Waals surface area contributed by atoms with Gasteiger partial charge in [-0.25, -0.2) is 8.42 Å². The van der Waals surface area contributed by atoms with Gasteiger partial charge in [0.2, 0.25) is 0 Å². The number of hydrogen-bond acceptors (Lipinski definition) is 3. The van der Waals surface area contributed by atoms with Crippen LogP contribution in [0.15, 0.2) is 23.1 Å². The van der Waals surface area contributed by atoms with E-state index in [4.69, 9.17) is 16.3 Å². The van der Waals surface area contributed by atoms with Gasteiger partial charge in [-0.1, -0.05) is 0 Å². The molecule has 0 aromatic heterocycles. The van der Waals surface area contributed by atoms with Crippen molar-refractivity contribution >= 4 is 21.4 Å². The van der Waals surface area contributed by atoms with Crippen LogP contribution < -0.4 is 4.74 Å². The number of hydrogen-bond donors (Lipinski definition) is 0. The van der Waals surface area contributed by atoms with Crippen molar-refractivity contribution in [3.05, 3.63) is 23.8 Å². The summed E-state index contributed by atoms with van der Waals surface area (Å²) in [6.07, 6.45) is 0. The predicted octanol–water partition coefficient (Wildman–Crippen LogP) is 2.02. The van der Waals surface area contributed by atoms with E-state index >= 15 is 0 Å². The number of methoxy groups -OCH3 is 1. The fourth-order valence-electron chi connectivity index (χ4n) is 1.31. The fourth-order valence-corrected chi connectivity index (χ4v) is 3.17. The Labute approximate surface area is 94.9 Å². The molecule has 0 unspecified atom stereocenters. The standard InChI is InChI=1S/C10H13ClO3S/c1-8-7-9(14-2)3-4-10(8)15(12,13)6-5-11/h3-4,7H,5-6H2,1-2H3. The molecule has 1 aromatic rings. The first kappa shape index (κ1) is 12.3. The molecular formula is C10H13ClO3S. The van der Waals surface area contributed by atoms with Crippen molar-refractivity contribution in [3.8, 4) is 5.75 Å². The van der Waals surface area contributed by atoms with Crippen LogP contribution in [0.2, 0.25) is 0 Å². The first-order valence-electron chi connectivity index (χ1n) is 4.44. The van der Waals surface area contributed by atoms with Crippen LogP contribution in [0.3, 0.4) is 0 Å². The van der Waals surface area contributed by atoms with Gasteiger partial charge in [-0.3, -0.25) is 0 Å². The normalized spacial score (nSPS) is 11.4. The number of benzene rings is 1. The minimum atomic E-state index is -3.25. The average Bonchev–Trinajstić information content (AvgIpc) is 2.17. The van der Waals surface area contributed by atoms with Crippen molar-refractivity contribution in [1.29, 1.82) is 0 Å². The Kier molecular flexibility index (Phi) is 3.99. The highest BCUT2D eigenvalue weighted by Crippen LogP contribution is 2.21. The van der Waals surface area contributed by atoms with E-state index in [1.54, 1.807) is 32.2 Å². The van der Waals surface area contributed by atoms with E-state index in [-0.39, 0.29) is 11.6 Å². The van der Waals surface area contributed by atoms with E-state index in [0.29, 0.717) is 16.2 Å². The van der Waals surface area contributed by atoms with Gasteiger partial charge in [-0.2, -0.15) is 0 Å². The maximum atomic E-state index is 11.7. The molecule has 0 aliphatic carbocycles. The zero-order valence-electron chi connectivity index (χ0n) is 8.66. The molecule has 0 saturated heterocycles. The summed E-state index contributed by atoms with van der Waals surface area (Å²) in [6, 6.07) is 4.88. The van der Waals surface area contributed by atoms with Crippen LogP contribution in [0.1, 0.15) is 5.56 Å². The number of halogens is 1. The summed E-state index contributed by atoms with van der Waals surface area (Å²) in [7, 11) is -1.71. The van der Waals surface area contributed by atoms with Crippen LogP contribution in [0.4, 0.5) is 0 Å². The minimum absolute atomic E-state index is 0.0400. The summed E-state index contributed by atoms with van der Waals surface area (Å²) >= 11 is 5.44. The molecule has 0 spiro atoms. The molecule has 0 fully saturated rings. The fraction of sp³-hybridized carbons (Fsp3) is 0.400. The third-order valence-corrected chi connectivity index (χ3v) is 4.35. The van der Waals surface area contributed by atoms with E-state index in [0.717, 1.165) is 0 Å². The molecule has 1 rings (SSSR count). The maximum absolute atomic E-state index is 11.7. The average molecular weight is 249 g/mol. The van der Waals surface area contributed by atoms with Gasteiger partial charge in [0.15, 0.2) is 9.84 Å². The molecule has 84 valence electrons. The lowest BCUT2D eigenvalue weighted by Gasteiger charge is -2.07. The topological polar surface area (TPSA) is 43.4 Å². The van der Waals surface area contributed by atoms with Gasteiger partial charge in [-0.15, -0.1) is 11.6 Å². The molecular weight excluding hydrogens is 236 g/mol. The van der Waals surface area contributed by atoms with Crippen LogP contribution in [0.5, 0.6) is 5.75 Å². The monoisotopic (exact) mass is 248 g/mol. The van der Waals surface area contributed by atoms with Crippen molar-refractivity contribution in [3.63, 3.8) is 0 Å². The van der Waals surface area contributed by atoms with Crippen molar-refractivity contribution in [2.24, 2.45) is 0 Å². The Hall–Kier alpha value is -0.740. The molecule has 0 bridgehead atoms. The lowest BCUT2D eigenvalue weighted by Crippen LogP contribution is -2.09. The summed E-state index contributed by atoms with van der Waals surface area (Å²) in [5.74, 6) is 0.715. The quantitative estimate of drug-likeness (QED) is 0.766. The Morgan fingerprint density at radius 2 is 2.07 bits per heavy atom. The lowest BCUT2D eigenvalue weighted by atomic mass is 10.2. The number of sulfone groups is 1. The molecule has 0 atom stereocenters. The maximum Gasteiger partial charge on any atom is 0.179 e. The number of aryl methyl sites for hydroxylation is 1. The Bertz CT molecular complexity index is 440. The van der Waals surface area contributed by atoms with Gasteiger partial charge in [0, 0.05) is 5.88 Å². The molecule has 1 aromatic carbocycles. The molecule has 0 radical (unpaired) electrons.